The van der Waals surface area contributed by atoms with Crippen molar-refractivity contribution in [2.75, 3.05) is 0 Å². The first-order chi connectivity index (χ1) is 8.70. The molecule has 88 valence electrons. The second kappa shape index (κ2) is 4.97. The van der Waals surface area contributed by atoms with Crippen LogP contribution in [0.5, 0.6) is 11.5 Å². The summed E-state index contributed by atoms with van der Waals surface area (Å²) in [4.78, 5) is 14.5. The van der Waals surface area contributed by atoms with E-state index in [-0.39, 0.29) is 5.56 Å². The average Bonchev–Trinajstić information content (AvgIpc) is 2.40. The van der Waals surface area contributed by atoms with Crippen molar-refractivity contribution in [1.29, 1.82) is 5.26 Å². The van der Waals surface area contributed by atoms with Gasteiger partial charge in [0.25, 0.3) is 0 Å². The van der Waals surface area contributed by atoms with Crippen LogP contribution in [0, 0.1) is 11.3 Å². The fraction of sp³-hybridized carbons (Fsp3) is 0. The maximum Gasteiger partial charge on any atom is 0.335 e. The van der Waals surface area contributed by atoms with Crippen molar-refractivity contribution in [3.05, 3.63) is 53.9 Å². The number of carbonyl (C=O) groups is 1. The summed E-state index contributed by atoms with van der Waals surface area (Å²) in [6.45, 7) is 0. The van der Waals surface area contributed by atoms with Gasteiger partial charge in [-0.2, -0.15) is 5.26 Å². The Morgan fingerprint density at radius 3 is 2.61 bits per heavy atom. The topological polar surface area (TPSA) is 83.2 Å². The van der Waals surface area contributed by atoms with Gasteiger partial charge in [0.1, 0.15) is 11.8 Å². The highest BCUT2D eigenvalue weighted by molar-refractivity contribution is 5.87. The molecule has 1 N–H and O–H groups in total. The second-order valence-electron chi connectivity index (χ2n) is 3.42. The molecule has 5 heteroatoms. The predicted octanol–water partition coefficient (Wildman–Crippen LogP) is 2.44. The summed E-state index contributed by atoms with van der Waals surface area (Å²) in [6, 6.07) is 9.44. The monoisotopic (exact) mass is 240 g/mol. The van der Waals surface area contributed by atoms with Gasteiger partial charge in [-0.25, -0.2) is 4.79 Å². The number of carboxylic acid groups (broad SMARTS) is 1. The van der Waals surface area contributed by atoms with Crippen LogP contribution in [0.2, 0.25) is 0 Å². The molecule has 0 spiro atoms. The Bertz CT molecular complexity index is 615. The molecule has 18 heavy (non-hydrogen) atoms. The van der Waals surface area contributed by atoms with Gasteiger partial charge in [0.2, 0.25) is 0 Å². The third kappa shape index (κ3) is 2.44. The first-order valence-corrected chi connectivity index (χ1v) is 5.06. The Labute approximate surface area is 103 Å². The van der Waals surface area contributed by atoms with E-state index in [0.717, 1.165) is 0 Å². The molecule has 5 nitrogen and oxygen atoms in total. The summed E-state index contributed by atoms with van der Waals surface area (Å²) in [5, 5.41) is 17.6. The van der Waals surface area contributed by atoms with E-state index in [0.29, 0.717) is 17.1 Å². The molecular weight excluding hydrogens is 232 g/mol. The zero-order valence-corrected chi connectivity index (χ0v) is 9.20. The number of hydrogen-bond acceptors (Lipinski definition) is 4. The molecule has 0 fully saturated rings. The fourth-order valence-electron chi connectivity index (χ4n) is 1.35. The van der Waals surface area contributed by atoms with E-state index in [4.69, 9.17) is 15.1 Å². The van der Waals surface area contributed by atoms with Gasteiger partial charge < -0.3 is 9.84 Å². The van der Waals surface area contributed by atoms with Crippen LogP contribution in [0.4, 0.5) is 0 Å². The molecular formula is C13H8N2O3. The van der Waals surface area contributed by atoms with Gasteiger partial charge in [0.05, 0.1) is 17.3 Å². The maximum absolute atomic E-state index is 10.7. The van der Waals surface area contributed by atoms with E-state index in [1.807, 2.05) is 6.07 Å². The van der Waals surface area contributed by atoms with Crippen LogP contribution >= 0.6 is 0 Å². The molecule has 0 saturated carbocycles. The van der Waals surface area contributed by atoms with E-state index in [1.165, 1.54) is 36.7 Å². The van der Waals surface area contributed by atoms with Crippen LogP contribution < -0.4 is 4.74 Å². The van der Waals surface area contributed by atoms with E-state index in [2.05, 4.69) is 4.98 Å². The van der Waals surface area contributed by atoms with Crippen molar-refractivity contribution in [2.24, 2.45) is 0 Å². The fourth-order valence-corrected chi connectivity index (χ4v) is 1.35. The molecule has 0 aliphatic rings. The summed E-state index contributed by atoms with van der Waals surface area (Å²) in [7, 11) is 0. The molecule has 0 aliphatic heterocycles. The summed E-state index contributed by atoms with van der Waals surface area (Å²) in [5.41, 5.74) is 0.543. The van der Waals surface area contributed by atoms with Crippen LogP contribution in [0.1, 0.15) is 15.9 Å². The van der Waals surface area contributed by atoms with Gasteiger partial charge in [-0.1, -0.05) is 0 Å². The van der Waals surface area contributed by atoms with Gasteiger partial charge in [-0.05, 0) is 30.3 Å². The highest BCUT2D eigenvalue weighted by Crippen LogP contribution is 2.23. The number of aromatic nitrogens is 1. The first kappa shape index (κ1) is 11.6. The highest BCUT2D eigenvalue weighted by Gasteiger charge is 2.06. The number of benzene rings is 1. The number of carboxylic acids is 1. The van der Waals surface area contributed by atoms with Crippen molar-refractivity contribution in [1.82, 2.24) is 4.98 Å². The lowest BCUT2D eigenvalue weighted by atomic mass is 10.2. The summed E-state index contributed by atoms with van der Waals surface area (Å²) in [5.74, 6) is -0.215. The van der Waals surface area contributed by atoms with Crippen molar-refractivity contribution in [2.45, 2.75) is 0 Å². The molecule has 2 aromatic rings. The highest BCUT2D eigenvalue weighted by atomic mass is 16.5. The van der Waals surface area contributed by atoms with Crippen molar-refractivity contribution < 1.29 is 14.6 Å². The van der Waals surface area contributed by atoms with Crippen LogP contribution in [-0.2, 0) is 0 Å². The van der Waals surface area contributed by atoms with Gasteiger partial charge in [-0.3, -0.25) is 4.98 Å². The lowest BCUT2D eigenvalue weighted by Crippen LogP contribution is -1.95. The molecule has 0 aliphatic carbocycles. The number of pyridine rings is 1. The molecule has 1 aromatic carbocycles. The molecule has 0 atom stereocenters. The SMILES string of the molecule is N#Cc1ccncc1Oc1ccc(C(=O)O)cc1. The third-order valence-electron chi connectivity index (χ3n) is 2.23. The molecule has 0 radical (unpaired) electrons. The Balaban J connectivity index is 2.24. The molecule has 1 aromatic heterocycles. The number of nitriles is 1. The average molecular weight is 240 g/mol. The molecule has 0 bridgehead atoms. The quantitative estimate of drug-likeness (QED) is 0.890. The molecule has 0 saturated heterocycles. The maximum atomic E-state index is 10.7. The first-order valence-electron chi connectivity index (χ1n) is 5.06. The van der Waals surface area contributed by atoms with Crippen LogP contribution in [0.15, 0.2) is 42.7 Å². The molecule has 1 heterocycles. The van der Waals surface area contributed by atoms with Gasteiger partial charge in [0.15, 0.2) is 5.75 Å². The smallest absolute Gasteiger partial charge is 0.335 e. The number of hydrogen-bond donors (Lipinski definition) is 1. The van der Waals surface area contributed by atoms with E-state index in [9.17, 15) is 4.79 Å². The third-order valence-corrected chi connectivity index (χ3v) is 2.23. The van der Waals surface area contributed by atoms with Crippen LogP contribution in [0.25, 0.3) is 0 Å². The summed E-state index contributed by atoms with van der Waals surface area (Å²) in [6.07, 6.45) is 2.93. The zero-order valence-electron chi connectivity index (χ0n) is 9.20. The minimum atomic E-state index is -0.999. The molecule has 2 rings (SSSR count). The number of rotatable bonds is 3. The van der Waals surface area contributed by atoms with Gasteiger partial charge in [0, 0.05) is 6.20 Å². The normalized spacial score (nSPS) is 9.50. The van der Waals surface area contributed by atoms with E-state index >= 15 is 0 Å². The minimum Gasteiger partial charge on any atom is -0.478 e. The van der Waals surface area contributed by atoms with Gasteiger partial charge in [-0.15, -0.1) is 0 Å². The van der Waals surface area contributed by atoms with Gasteiger partial charge >= 0.3 is 5.97 Å². The Kier molecular flexibility index (Phi) is 3.21. The van der Waals surface area contributed by atoms with Crippen molar-refractivity contribution >= 4 is 5.97 Å². The summed E-state index contributed by atoms with van der Waals surface area (Å²) >= 11 is 0. The minimum absolute atomic E-state index is 0.175. The van der Waals surface area contributed by atoms with Crippen molar-refractivity contribution in [3.8, 4) is 17.6 Å². The van der Waals surface area contributed by atoms with Crippen molar-refractivity contribution in [3.63, 3.8) is 0 Å². The predicted molar refractivity (Wildman–Crippen MR) is 62.4 cm³/mol. The number of nitrogens with zero attached hydrogens (tertiary/aromatic N) is 2. The Morgan fingerprint density at radius 2 is 2.00 bits per heavy atom. The van der Waals surface area contributed by atoms with E-state index in [1.54, 1.807) is 6.07 Å². The standard InChI is InChI=1S/C13H8N2O3/c14-7-10-5-6-15-8-12(10)18-11-3-1-9(2-4-11)13(16)17/h1-6,8H,(H,16,17). The Morgan fingerprint density at radius 1 is 1.28 bits per heavy atom. The largest absolute Gasteiger partial charge is 0.478 e. The lowest BCUT2D eigenvalue weighted by molar-refractivity contribution is 0.0697. The van der Waals surface area contributed by atoms with Crippen LogP contribution in [-0.4, -0.2) is 16.1 Å². The summed E-state index contributed by atoms with van der Waals surface area (Å²) < 4.78 is 5.46. The second-order valence-corrected chi connectivity index (χ2v) is 3.42. The Hall–Kier alpha value is -2.87. The zero-order chi connectivity index (χ0) is 13.0. The number of aromatic carboxylic acids is 1. The lowest BCUT2D eigenvalue weighted by Gasteiger charge is -2.06. The number of ether oxygens (including phenoxy) is 1. The molecule has 0 unspecified atom stereocenters. The van der Waals surface area contributed by atoms with E-state index < -0.39 is 5.97 Å². The van der Waals surface area contributed by atoms with Crippen LogP contribution in [0.3, 0.4) is 0 Å². The molecule has 0 amide bonds.